The van der Waals surface area contributed by atoms with Crippen LogP contribution in [0.2, 0.25) is 0 Å². The number of benzene rings is 1. The molecule has 0 bridgehead atoms. The van der Waals surface area contributed by atoms with Gasteiger partial charge >= 0.3 is 6.18 Å². The van der Waals surface area contributed by atoms with Crippen molar-refractivity contribution in [2.75, 3.05) is 40.3 Å². The number of hydrogen-bond acceptors (Lipinski definition) is 2. The number of amidine groups is 1. The molecule has 3 nitrogen and oxygen atoms in total. The number of allylic oxidation sites excluding steroid dienone is 4. The number of rotatable bonds is 4. The van der Waals surface area contributed by atoms with Gasteiger partial charge in [0.05, 0.1) is 5.57 Å². The molecule has 6 heteroatoms. The topological polar surface area (TPSA) is 18.8 Å². The van der Waals surface area contributed by atoms with Crippen LogP contribution in [0.15, 0.2) is 64.7 Å². The first kappa shape index (κ1) is 21.0. The molecule has 1 aromatic rings. The Labute approximate surface area is 159 Å². The van der Waals surface area contributed by atoms with E-state index in [0.29, 0.717) is 5.84 Å². The van der Waals surface area contributed by atoms with Crippen LogP contribution < -0.4 is 0 Å². The maximum absolute atomic E-state index is 13.5. The molecule has 1 heterocycles. The predicted octanol–water partition coefficient (Wildman–Crippen LogP) is 4.41. The predicted molar refractivity (Wildman–Crippen MR) is 106 cm³/mol. The molecule has 0 radical (unpaired) electrons. The van der Waals surface area contributed by atoms with Gasteiger partial charge in [0.25, 0.3) is 0 Å². The molecular weight excluding hydrogens is 351 g/mol. The summed E-state index contributed by atoms with van der Waals surface area (Å²) in [5.74, 6) is 0.569. The lowest BCUT2D eigenvalue weighted by atomic mass is 10.0. The van der Waals surface area contributed by atoms with E-state index in [1.54, 1.807) is 13.1 Å². The largest absolute Gasteiger partial charge is 0.416 e. The molecule has 0 aromatic heterocycles. The van der Waals surface area contributed by atoms with Gasteiger partial charge in [0, 0.05) is 33.2 Å². The van der Waals surface area contributed by atoms with Crippen molar-refractivity contribution in [3.63, 3.8) is 0 Å². The molecule has 1 fully saturated rings. The van der Waals surface area contributed by atoms with E-state index in [1.807, 2.05) is 42.3 Å². The normalized spacial score (nSPS) is 18.4. The van der Waals surface area contributed by atoms with E-state index in [0.717, 1.165) is 37.8 Å². The van der Waals surface area contributed by atoms with Gasteiger partial charge in [-0.1, -0.05) is 48.6 Å². The molecule has 27 heavy (non-hydrogen) atoms. The minimum absolute atomic E-state index is 0.105. The highest BCUT2D eigenvalue weighted by molar-refractivity contribution is 5.95. The van der Waals surface area contributed by atoms with E-state index in [2.05, 4.69) is 9.89 Å². The summed E-state index contributed by atoms with van der Waals surface area (Å²) in [4.78, 5) is 8.47. The Balaban J connectivity index is 2.38. The van der Waals surface area contributed by atoms with Crippen molar-refractivity contribution in [3.05, 3.63) is 65.3 Å². The Morgan fingerprint density at radius 1 is 1.07 bits per heavy atom. The summed E-state index contributed by atoms with van der Waals surface area (Å²) >= 11 is 0. The van der Waals surface area contributed by atoms with E-state index in [9.17, 15) is 13.2 Å². The van der Waals surface area contributed by atoms with E-state index >= 15 is 0 Å². The Bertz CT molecular complexity index is 723. The highest BCUT2D eigenvalue weighted by Gasteiger charge is 2.34. The monoisotopic (exact) mass is 377 g/mol. The van der Waals surface area contributed by atoms with Gasteiger partial charge in [-0.15, -0.1) is 0 Å². The molecule has 1 aliphatic rings. The van der Waals surface area contributed by atoms with Crippen molar-refractivity contribution in [2.24, 2.45) is 4.99 Å². The van der Waals surface area contributed by atoms with Crippen LogP contribution in [0.5, 0.6) is 0 Å². The summed E-state index contributed by atoms with van der Waals surface area (Å²) in [6, 6.07) is 9.29. The molecule has 146 valence electrons. The second-order valence-electron chi connectivity index (χ2n) is 6.42. The van der Waals surface area contributed by atoms with Gasteiger partial charge in [0.1, 0.15) is 5.84 Å². The van der Waals surface area contributed by atoms with Gasteiger partial charge in [0.2, 0.25) is 0 Å². The average molecular weight is 377 g/mol. The maximum Gasteiger partial charge on any atom is 0.416 e. The molecule has 1 aliphatic heterocycles. The average Bonchev–Trinajstić information content (AvgIpc) is 2.64. The van der Waals surface area contributed by atoms with Crippen LogP contribution >= 0.6 is 0 Å². The Kier molecular flexibility index (Phi) is 7.42. The molecule has 0 atom stereocenters. The summed E-state index contributed by atoms with van der Waals surface area (Å²) in [7, 11) is 3.65. The van der Waals surface area contributed by atoms with Crippen molar-refractivity contribution in [2.45, 2.75) is 13.1 Å². The number of hydrogen-bond donors (Lipinski definition) is 0. The fraction of sp³-hybridized carbons (Fsp3) is 0.381. The Morgan fingerprint density at radius 3 is 2.22 bits per heavy atom. The van der Waals surface area contributed by atoms with Crippen LogP contribution in [0.3, 0.4) is 0 Å². The highest BCUT2D eigenvalue weighted by atomic mass is 19.4. The molecule has 1 saturated heterocycles. The first-order valence-corrected chi connectivity index (χ1v) is 8.94. The van der Waals surface area contributed by atoms with Crippen molar-refractivity contribution in [3.8, 4) is 0 Å². The third kappa shape index (κ3) is 6.10. The number of alkyl halides is 3. The fourth-order valence-corrected chi connectivity index (χ4v) is 2.93. The minimum atomic E-state index is -4.43. The second-order valence-corrected chi connectivity index (χ2v) is 6.42. The zero-order valence-corrected chi connectivity index (χ0v) is 16.0. The van der Waals surface area contributed by atoms with E-state index in [1.165, 1.54) is 19.1 Å². The van der Waals surface area contributed by atoms with Crippen molar-refractivity contribution >= 4 is 11.9 Å². The maximum atomic E-state index is 13.5. The van der Waals surface area contributed by atoms with Crippen LogP contribution in [0.1, 0.15) is 12.5 Å². The molecule has 1 aromatic carbocycles. The Morgan fingerprint density at radius 2 is 1.70 bits per heavy atom. The molecule has 0 N–H and O–H groups in total. The van der Waals surface area contributed by atoms with Crippen molar-refractivity contribution in [1.29, 1.82) is 0 Å². The van der Waals surface area contributed by atoms with Gasteiger partial charge in [-0.25, -0.2) is 0 Å². The summed E-state index contributed by atoms with van der Waals surface area (Å²) in [6.45, 7) is 4.61. The first-order chi connectivity index (χ1) is 12.8. The molecule has 2 rings (SSSR count). The molecule has 0 unspecified atom stereocenters. The zero-order chi connectivity index (χ0) is 19.9. The first-order valence-electron chi connectivity index (χ1n) is 8.94. The number of piperazine rings is 1. The van der Waals surface area contributed by atoms with Gasteiger partial charge in [0.15, 0.2) is 0 Å². The quantitative estimate of drug-likeness (QED) is 0.440. The molecule has 0 aliphatic carbocycles. The third-order valence-electron chi connectivity index (χ3n) is 4.50. The van der Waals surface area contributed by atoms with Gasteiger partial charge in [-0.3, -0.25) is 4.99 Å². The van der Waals surface area contributed by atoms with Gasteiger partial charge in [-0.2, -0.15) is 13.2 Å². The highest BCUT2D eigenvalue weighted by Crippen LogP contribution is 2.32. The van der Waals surface area contributed by atoms with E-state index < -0.39 is 11.7 Å². The fourth-order valence-electron chi connectivity index (χ4n) is 2.93. The SMILES string of the molecule is CC=C(C(=C\C(=NC)N1CCN(C)CC1)/C=C/c1ccccc1)C(F)(F)F. The Hall–Kier alpha value is -2.34. The standard InChI is InChI=1S/C21H26F3N3/c1-4-19(21(22,23)24)18(11-10-17-8-6-5-7-9-17)16-20(25-2)27-14-12-26(3)13-15-27/h4-11,16H,12-15H2,1-3H3/b11-10+,18-16-,19-4?,25-20?. The van der Waals surface area contributed by atoms with Crippen LogP contribution in [-0.4, -0.2) is 62.1 Å². The van der Waals surface area contributed by atoms with Crippen LogP contribution in [-0.2, 0) is 0 Å². The van der Waals surface area contributed by atoms with E-state index in [4.69, 9.17) is 0 Å². The van der Waals surface area contributed by atoms with Crippen molar-refractivity contribution < 1.29 is 13.2 Å². The number of nitrogens with zero attached hydrogens (tertiary/aromatic N) is 3. The zero-order valence-electron chi connectivity index (χ0n) is 16.0. The van der Waals surface area contributed by atoms with Crippen LogP contribution in [0.4, 0.5) is 13.2 Å². The summed E-state index contributed by atoms with van der Waals surface area (Å²) in [5, 5.41) is 0. The molecular formula is C21H26F3N3. The third-order valence-corrected chi connectivity index (χ3v) is 4.50. The lowest BCUT2D eigenvalue weighted by molar-refractivity contribution is -0.0891. The van der Waals surface area contributed by atoms with Crippen molar-refractivity contribution in [1.82, 2.24) is 9.80 Å². The number of halogens is 3. The molecule has 0 saturated carbocycles. The summed E-state index contributed by atoms with van der Waals surface area (Å²) in [5.41, 5.74) is 0.286. The van der Waals surface area contributed by atoms with Gasteiger partial charge < -0.3 is 9.80 Å². The summed E-state index contributed by atoms with van der Waals surface area (Å²) in [6.07, 6.45) is 1.42. The summed E-state index contributed by atoms with van der Waals surface area (Å²) < 4.78 is 40.6. The lowest BCUT2D eigenvalue weighted by Gasteiger charge is -2.34. The smallest absolute Gasteiger partial charge is 0.354 e. The molecule has 0 spiro atoms. The molecule has 0 amide bonds. The van der Waals surface area contributed by atoms with Crippen LogP contribution in [0, 0.1) is 0 Å². The minimum Gasteiger partial charge on any atom is -0.354 e. The lowest BCUT2D eigenvalue weighted by Crippen LogP contribution is -2.46. The number of likely N-dealkylation sites (N-methyl/N-ethyl adjacent to an activating group) is 1. The number of aliphatic imine (C=N–C) groups is 1. The second kappa shape index (κ2) is 9.55. The van der Waals surface area contributed by atoms with Crippen LogP contribution in [0.25, 0.3) is 6.08 Å². The van der Waals surface area contributed by atoms with E-state index in [-0.39, 0.29) is 5.57 Å². The van der Waals surface area contributed by atoms with Gasteiger partial charge in [-0.05, 0) is 31.2 Å².